The minimum absolute atomic E-state index is 0.116. The summed E-state index contributed by atoms with van der Waals surface area (Å²) in [5.74, 6) is 1.87. The van der Waals surface area contributed by atoms with E-state index in [1.165, 1.54) is 19.3 Å². The first kappa shape index (κ1) is 14.0. The lowest BCUT2D eigenvalue weighted by Gasteiger charge is -2.39. The Morgan fingerprint density at radius 3 is 2.70 bits per heavy atom. The zero-order chi connectivity index (χ0) is 13.9. The zero-order valence-electron chi connectivity index (χ0n) is 12.3. The van der Waals surface area contributed by atoms with E-state index in [-0.39, 0.29) is 6.10 Å². The Balaban J connectivity index is 1.68. The van der Waals surface area contributed by atoms with Gasteiger partial charge in [-0.25, -0.2) is 0 Å². The van der Waals surface area contributed by atoms with Gasteiger partial charge in [-0.3, -0.25) is 4.90 Å². The van der Waals surface area contributed by atoms with Gasteiger partial charge in [0.2, 0.25) is 11.8 Å². The van der Waals surface area contributed by atoms with Crippen LogP contribution in [0, 0.1) is 5.92 Å². The summed E-state index contributed by atoms with van der Waals surface area (Å²) < 4.78 is 5.65. The third-order valence-electron chi connectivity index (χ3n) is 4.84. The van der Waals surface area contributed by atoms with E-state index in [2.05, 4.69) is 15.1 Å². The van der Waals surface area contributed by atoms with E-state index in [9.17, 15) is 5.11 Å². The van der Waals surface area contributed by atoms with E-state index in [4.69, 9.17) is 4.42 Å². The molecule has 1 aliphatic heterocycles. The number of likely N-dealkylation sites (tertiary alicyclic amines) is 1. The quantitative estimate of drug-likeness (QED) is 0.915. The summed E-state index contributed by atoms with van der Waals surface area (Å²) in [6.07, 6.45) is 7.66. The van der Waals surface area contributed by atoms with Gasteiger partial charge in [-0.05, 0) is 32.2 Å². The number of aryl methyl sites for hydroxylation is 1. The highest BCUT2D eigenvalue weighted by Crippen LogP contribution is 2.35. The smallest absolute Gasteiger partial charge is 0.230 e. The van der Waals surface area contributed by atoms with Crippen molar-refractivity contribution in [3.05, 3.63) is 11.8 Å². The van der Waals surface area contributed by atoms with Crippen molar-refractivity contribution in [2.45, 2.75) is 70.6 Å². The molecule has 1 saturated heterocycles. The standard InChI is InChI=1S/C15H25N3O2/c1-2-14-16-17-15(20-14)10-18-9-4-3-7-12(18)11-6-5-8-13(11)19/h11-13,19H,2-10H2,1H3. The number of nitrogens with zero attached hydrogens (tertiary/aromatic N) is 3. The number of aliphatic hydroxyl groups excluding tert-OH is 1. The van der Waals surface area contributed by atoms with Gasteiger partial charge < -0.3 is 9.52 Å². The first-order valence-corrected chi connectivity index (χ1v) is 8.01. The van der Waals surface area contributed by atoms with Gasteiger partial charge in [0.05, 0.1) is 12.6 Å². The maximum absolute atomic E-state index is 10.2. The first-order valence-electron chi connectivity index (χ1n) is 8.01. The molecule has 3 rings (SSSR count). The van der Waals surface area contributed by atoms with Crippen LogP contribution in [0.5, 0.6) is 0 Å². The molecule has 20 heavy (non-hydrogen) atoms. The van der Waals surface area contributed by atoms with Gasteiger partial charge in [-0.15, -0.1) is 10.2 Å². The van der Waals surface area contributed by atoms with E-state index in [1.54, 1.807) is 0 Å². The fourth-order valence-electron chi connectivity index (χ4n) is 3.78. The average Bonchev–Trinajstić information content (AvgIpc) is 3.08. The molecule has 0 aromatic carbocycles. The molecule has 1 aromatic rings. The molecule has 0 radical (unpaired) electrons. The van der Waals surface area contributed by atoms with Gasteiger partial charge in [0.1, 0.15) is 0 Å². The van der Waals surface area contributed by atoms with Crippen molar-refractivity contribution < 1.29 is 9.52 Å². The van der Waals surface area contributed by atoms with E-state index in [0.717, 1.165) is 50.6 Å². The van der Waals surface area contributed by atoms with Crippen molar-refractivity contribution >= 4 is 0 Å². The van der Waals surface area contributed by atoms with Crippen LogP contribution in [0.3, 0.4) is 0 Å². The Kier molecular flexibility index (Phi) is 4.36. The molecule has 1 saturated carbocycles. The van der Waals surface area contributed by atoms with Crippen LogP contribution in [0.1, 0.15) is 57.2 Å². The van der Waals surface area contributed by atoms with Gasteiger partial charge >= 0.3 is 0 Å². The summed E-state index contributed by atoms with van der Waals surface area (Å²) in [6, 6.07) is 0.484. The van der Waals surface area contributed by atoms with Crippen LogP contribution in [-0.4, -0.2) is 38.9 Å². The number of aromatic nitrogens is 2. The summed E-state index contributed by atoms with van der Waals surface area (Å²) in [5.41, 5.74) is 0. The van der Waals surface area contributed by atoms with E-state index in [1.807, 2.05) is 6.92 Å². The van der Waals surface area contributed by atoms with Gasteiger partial charge in [0, 0.05) is 18.4 Å². The van der Waals surface area contributed by atoms with Crippen LogP contribution in [0.2, 0.25) is 0 Å². The maximum atomic E-state index is 10.2. The summed E-state index contributed by atoms with van der Waals surface area (Å²) in [4.78, 5) is 2.45. The van der Waals surface area contributed by atoms with Crippen molar-refractivity contribution in [3.63, 3.8) is 0 Å². The highest BCUT2D eigenvalue weighted by Gasteiger charge is 2.37. The minimum atomic E-state index is -0.116. The SMILES string of the molecule is CCc1nnc(CN2CCCCC2C2CCCC2O)o1. The molecule has 1 N–H and O–H groups in total. The number of aliphatic hydroxyl groups is 1. The molecule has 1 aliphatic carbocycles. The number of hydrogen-bond acceptors (Lipinski definition) is 5. The molecule has 3 atom stereocenters. The summed E-state index contributed by atoms with van der Waals surface area (Å²) >= 11 is 0. The van der Waals surface area contributed by atoms with Crippen molar-refractivity contribution in [2.75, 3.05) is 6.54 Å². The normalized spacial score (nSPS) is 31.8. The second-order valence-electron chi connectivity index (χ2n) is 6.14. The van der Waals surface area contributed by atoms with E-state index >= 15 is 0 Å². The Bertz CT molecular complexity index is 435. The molecule has 5 heteroatoms. The van der Waals surface area contributed by atoms with Gasteiger partial charge in [-0.1, -0.05) is 19.8 Å². The van der Waals surface area contributed by atoms with Crippen LogP contribution in [0.25, 0.3) is 0 Å². The monoisotopic (exact) mass is 279 g/mol. The van der Waals surface area contributed by atoms with E-state index in [0.29, 0.717) is 12.0 Å². The third kappa shape index (κ3) is 2.88. The predicted octanol–water partition coefficient (Wildman–Crippen LogP) is 2.15. The van der Waals surface area contributed by atoms with Gasteiger partial charge in [0.15, 0.2) is 0 Å². The fraction of sp³-hybridized carbons (Fsp3) is 0.867. The van der Waals surface area contributed by atoms with Crippen LogP contribution >= 0.6 is 0 Å². The molecule has 1 aromatic heterocycles. The second-order valence-corrected chi connectivity index (χ2v) is 6.14. The molecule has 5 nitrogen and oxygen atoms in total. The van der Waals surface area contributed by atoms with Gasteiger partial charge in [-0.2, -0.15) is 0 Å². The minimum Gasteiger partial charge on any atom is -0.424 e. The van der Waals surface area contributed by atoms with Crippen LogP contribution in [0.15, 0.2) is 4.42 Å². The summed E-state index contributed by atoms with van der Waals surface area (Å²) in [5, 5.41) is 18.4. The lowest BCUT2D eigenvalue weighted by molar-refractivity contribution is 0.0270. The third-order valence-corrected chi connectivity index (χ3v) is 4.84. The topological polar surface area (TPSA) is 62.4 Å². The Morgan fingerprint density at radius 1 is 1.15 bits per heavy atom. The molecule has 0 amide bonds. The zero-order valence-corrected chi connectivity index (χ0v) is 12.3. The van der Waals surface area contributed by atoms with Crippen molar-refractivity contribution in [1.29, 1.82) is 0 Å². The van der Waals surface area contributed by atoms with Crippen LogP contribution < -0.4 is 0 Å². The number of rotatable bonds is 4. The molecular weight excluding hydrogens is 254 g/mol. The lowest BCUT2D eigenvalue weighted by Crippen LogP contribution is -2.45. The molecule has 0 spiro atoms. The van der Waals surface area contributed by atoms with Crippen LogP contribution in [0.4, 0.5) is 0 Å². The average molecular weight is 279 g/mol. The highest BCUT2D eigenvalue weighted by atomic mass is 16.4. The number of piperidine rings is 1. The highest BCUT2D eigenvalue weighted by molar-refractivity contribution is 4.92. The van der Waals surface area contributed by atoms with Crippen molar-refractivity contribution in [3.8, 4) is 0 Å². The van der Waals surface area contributed by atoms with Crippen molar-refractivity contribution in [1.82, 2.24) is 15.1 Å². The Labute approximate surface area is 120 Å². The van der Waals surface area contributed by atoms with Gasteiger partial charge in [0.25, 0.3) is 0 Å². The maximum Gasteiger partial charge on any atom is 0.230 e. The van der Waals surface area contributed by atoms with Crippen LogP contribution in [-0.2, 0) is 13.0 Å². The molecule has 3 unspecified atom stereocenters. The fourth-order valence-corrected chi connectivity index (χ4v) is 3.78. The molecular formula is C15H25N3O2. The summed E-state index contributed by atoms with van der Waals surface area (Å²) in [6.45, 7) is 3.84. The molecule has 0 bridgehead atoms. The molecule has 2 aliphatic rings. The summed E-state index contributed by atoms with van der Waals surface area (Å²) in [7, 11) is 0. The molecule has 2 fully saturated rings. The second kappa shape index (κ2) is 6.22. The molecule has 112 valence electrons. The predicted molar refractivity (Wildman–Crippen MR) is 75.1 cm³/mol. The largest absolute Gasteiger partial charge is 0.424 e. The van der Waals surface area contributed by atoms with E-state index < -0.39 is 0 Å². The first-order chi connectivity index (χ1) is 9.78. The Hall–Kier alpha value is -0.940. The van der Waals surface area contributed by atoms with Crippen molar-refractivity contribution in [2.24, 2.45) is 5.92 Å². The lowest BCUT2D eigenvalue weighted by atomic mass is 9.88. The molecule has 2 heterocycles. The number of hydrogen-bond donors (Lipinski definition) is 1. The Morgan fingerprint density at radius 2 is 2.00 bits per heavy atom.